The predicted molar refractivity (Wildman–Crippen MR) is 95.1 cm³/mol. The van der Waals surface area contributed by atoms with E-state index in [2.05, 4.69) is 15.5 Å². The van der Waals surface area contributed by atoms with E-state index in [-0.39, 0.29) is 17.2 Å². The summed E-state index contributed by atoms with van der Waals surface area (Å²) in [6.45, 7) is 5.59. The Morgan fingerprint density at radius 2 is 1.92 bits per heavy atom. The van der Waals surface area contributed by atoms with E-state index in [1.165, 1.54) is 11.8 Å². The van der Waals surface area contributed by atoms with Gasteiger partial charge in [0.15, 0.2) is 0 Å². The normalized spacial score (nSPS) is 13.4. The number of thioether (sulfide) groups is 1. The highest BCUT2D eigenvalue weighted by atomic mass is 32.2. The van der Waals surface area contributed by atoms with Crippen molar-refractivity contribution in [2.45, 2.75) is 37.3 Å². The molecule has 0 aliphatic heterocycles. The maximum absolute atomic E-state index is 12.4. The molecule has 2 unspecified atom stereocenters. The van der Waals surface area contributed by atoms with Crippen molar-refractivity contribution in [3.05, 3.63) is 54.0 Å². The van der Waals surface area contributed by atoms with Gasteiger partial charge in [0.05, 0.1) is 23.1 Å². The number of furan rings is 1. The molecule has 7 heteroatoms. The van der Waals surface area contributed by atoms with E-state index in [4.69, 9.17) is 8.83 Å². The van der Waals surface area contributed by atoms with Gasteiger partial charge in [0.25, 0.3) is 11.1 Å². The van der Waals surface area contributed by atoms with E-state index in [9.17, 15) is 4.79 Å². The van der Waals surface area contributed by atoms with E-state index in [0.29, 0.717) is 16.9 Å². The lowest BCUT2D eigenvalue weighted by Gasteiger charge is -2.16. The van der Waals surface area contributed by atoms with Gasteiger partial charge in [-0.1, -0.05) is 42.1 Å². The number of aromatic nitrogens is 2. The smallest absolute Gasteiger partial charge is 0.277 e. The van der Waals surface area contributed by atoms with Gasteiger partial charge in [0.1, 0.15) is 5.76 Å². The number of aryl methyl sites for hydroxylation is 1. The molecule has 2 aromatic heterocycles. The molecule has 3 aromatic rings. The first-order valence-corrected chi connectivity index (χ1v) is 8.82. The number of rotatable bonds is 6. The van der Waals surface area contributed by atoms with Crippen molar-refractivity contribution in [1.82, 2.24) is 15.5 Å². The summed E-state index contributed by atoms with van der Waals surface area (Å²) in [4.78, 5) is 12.4. The molecular formula is C18H19N3O3S. The van der Waals surface area contributed by atoms with Crippen LogP contribution in [0.1, 0.15) is 31.2 Å². The average Bonchev–Trinajstić information content (AvgIpc) is 3.24. The Balaban J connectivity index is 1.60. The predicted octanol–water partition coefficient (Wildman–Crippen LogP) is 4.00. The molecule has 1 aromatic carbocycles. The fourth-order valence-electron chi connectivity index (χ4n) is 2.33. The van der Waals surface area contributed by atoms with Gasteiger partial charge in [-0.2, -0.15) is 0 Å². The SMILES string of the molecule is Cc1occc1-c1nnc(SC(C)C(=O)NC(C)c2ccccc2)o1. The largest absolute Gasteiger partial charge is 0.469 e. The summed E-state index contributed by atoms with van der Waals surface area (Å²) in [6.07, 6.45) is 1.57. The first kappa shape index (κ1) is 17.3. The molecule has 0 fully saturated rings. The van der Waals surface area contributed by atoms with E-state index >= 15 is 0 Å². The van der Waals surface area contributed by atoms with Crippen LogP contribution in [0, 0.1) is 6.92 Å². The molecule has 0 spiro atoms. The molecule has 3 rings (SSSR count). The molecule has 6 nitrogen and oxygen atoms in total. The second-order valence-electron chi connectivity index (χ2n) is 5.66. The number of carbonyl (C=O) groups is 1. The van der Waals surface area contributed by atoms with Crippen molar-refractivity contribution >= 4 is 17.7 Å². The summed E-state index contributed by atoms with van der Waals surface area (Å²) in [5.41, 5.74) is 1.82. The molecule has 130 valence electrons. The van der Waals surface area contributed by atoms with Crippen molar-refractivity contribution in [3.8, 4) is 11.5 Å². The van der Waals surface area contributed by atoms with Crippen LogP contribution in [0.15, 0.2) is 56.7 Å². The fourth-order valence-corrected chi connectivity index (χ4v) is 3.03. The zero-order valence-electron chi connectivity index (χ0n) is 14.2. The summed E-state index contributed by atoms with van der Waals surface area (Å²) in [7, 11) is 0. The molecule has 0 aliphatic rings. The molecule has 0 bridgehead atoms. The fraction of sp³-hybridized carbons (Fsp3) is 0.278. The minimum Gasteiger partial charge on any atom is -0.469 e. The van der Waals surface area contributed by atoms with Gasteiger partial charge >= 0.3 is 0 Å². The highest BCUT2D eigenvalue weighted by molar-refractivity contribution is 8.00. The summed E-state index contributed by atoms with van der Waals surface area (Å²) in [5.74, 6) is 1.02. The van der Waals surface area contributed by atoms with Crippen LogP contribution in [0.3, 0.4) is 0 Å². The molecule has 0 aliphatic carbocycles. The van der Waals surface area contributed by atoms with E-state index in [0.717, 1.165) is 11.1 Å². The van der Waals surface area contributed by atoms with Crippen LogP contribution in [0.2, 0.25) is 0 Å². The topological polar surface area (TPSA) is 81.2 Å². The number of nitrogens with zero attached hydrogens (tertiary/aromatic N) is 2. The molecule has 1 amide bonds. The lowest BCUT2D eigenvalue weighted by Crippen LogP contribution is -2.33. The molecule has 2 heterocycles. The van der Waals surface area contributed by atoms with Crippen LogP contribution < -0.4 is 5.32 Å². The van der Waals surface area contributed by atoms with Crippen LogP contribution >= 0.6 is 11.8 Å². The lowest BCUT2D eigenvalue weighted by molar-refractivity contribution is -0.120. The molecule has 25 heavy (non-hydrogen) atoms. The second kappa shape index (κ2) is 7.57. The number of amides is 1. The van der Waals surface area contributed by atoms with Crippen molar-refractivity contribution in [3.63, 3.8) is 0 Å². The third kappa shape index (κ3) is 4.11. The maximum Gasteiger partial charge on any atom is 0.277 e. The molecular weight excluding hydrogens is 338 g/mol. The van der Waals surface area contributed by atoms with Gasteiger partial charge in [0.2, 0.25) is 5.91 Å². The lowest BCUT2D eigenvalue weighted by atomic mass is 10.1. The first-order chi connectivity index (χ1) is 12.0. The monoisotopic (exact) mass is 357 g/mol. The van der Waals surface area contributed by atoms with Crippen LogP contribution in [0.4, 0.5) is 0 Å². The van der Waals surface area contributed by atoms with Crippen LogP contribution in [-0.2, 0) is 4.79 Å². The highest BCUT2D eigenvalue weighted by Gasteiger charge is 2.21. The standard InChI is InChI=1S/C18H19N3O3S/c1-11(14-7-5-4-6-8-14)19-16(22)13(3)25-18-21-20-17(24-18)15-9-10-23-12(15)2/h4-11,13H,1-3H3,(H,19,22). The average molecular weight is 357 g/mol. The number of hydrogen-bond acceptors (Lipinski definition) is 6. The van der Waals surface area contributed by atoms with E-state index < -0.39 is 0 Å². The Morgan fingerprint density at radius 3 is 2.60 bits per heavy atom. The molecule has 1 N–H and O–H groups in total. The number of hydrogen-bond donors (Lipinski definition) is 1. The molecule has 0 saturated heterocycles. The van der Waals surface area contributed by atoms with E-state index in [1.54, 1.807) is 12.3 Å². The number of benzene rings is 1. The Labute approximate surface area is 150 Å². The molecule has 2 atom stereocenters. The second-order valence-corrected chi connectivity index (χ2v) is 6.96. The first-order valence-electron chi connectivity index (χ1n) is 7.94. The zero-order chi connectivity index (χ0) is 17.8. The van der Waals surface area contributed by atoms with Gasteiger partial charge in [-0.25, -0.2) is 0 Å². The maximum atomic E-state index is 12.4. The Bertz CT molecular complexity index is 844. The number of nitrogens with one attached hydrogen (secondary N) is 1. The van der Waals surface area contributed by atoms with Gasteiger partial charge in [0, 0.05) is 0 Å². The van der Waals surface area contributed by atoms with Gasteiger partial charge in [-0.15, -0.1) is 10.2 Å². The van der Waals surface area contributed by atoms with Crippen LogP contribution in [0.5, 0.6) is 0 Å². The van der Waals surface area contributed by atoms with Crippen molar-refractivity contribution in [1.29, 1.82) is 0 Å². The Hall–Kier alpha value is -2.54. The summed E-state index contributed by atoms with van der Waals surface area (Å²) in [5, 5.41) is 11.0. The van der Waals surface area contributed by atoms with Crippen LogP contribution in [0.25, 0.3) is 11.5 Å². The van der Waals surface area contributed by atoms with Gasteiger partial charge < -0.3 is 14.2 Å². The Morgan fingerprint density at radius 1 is 1.16 bits per heavy atom. The third-order valence-electron chi connectivity index (χ3n) is 3.80. The minimum absolute atomic E-state index is 0.0661. The number of carbonyl (C=O) groups excluding carboxylic acids is 1. The van der Waals surface area contributed by atoms with Gasteiger partial charge in [-0.3, -0.25) is 4.79 Å². The zero-order valence-corrected chi connectivity index (χ0v) is 15.0. The van der Waals surface area contributed by atoms with Gasteiger partial charge in [-0.05, 0) is 32.4 Å². The van der Waals surface area contributed by atoms with Crippen LogP contribution in [-0.4, -0.2) is 21.4 Å². The minimum atomic E-state index is -0.357. The summed E-state index contributed by atoms with van der Waals surface area (Å²) >= 11 is 1.23. The summed E-state index contributed by atoms with van der Waals surface area (Å²) < 4.78 is 10.9. The molecule has 0 saturated carbocycles. The highest BCUT2D eigenvalue weighted by Crippen LogP contribution is 2.28. The molecule has 0 radical (unpaired) electrons. The van der Waals surface area contributed by atoms with Crippen molar-refractivity contribution in [2.75, 3.05) is 0 Å². The third-order valence-corrected chi connectivity index (χ3v) is 4.74. The van der Waals surface area contributed by atoms with E-state index in [1.807, 2.05) is 51.1 Å². The quantitative estimate of drug-likeness (QED) is 0.672. The van der Waals surface area contributed by atoms with Crippen molar-refractivity contribution < 1.29 is 13.6 Å². The Kier molecular flexibility index (Phi) is 5.23. The summed E-state index contributed by atoms with van der Waals surface area (Å²) in [6, 6.07) is 11.5. The van der Waals surface area contributed by atoms with Crippen molar-refractivity contribution in [2.24, 2.45) is 0 Å².